The molecular weight excluding hydrogens is 352 g/mol. The van der Waals surface area contributed by atoms with Crippen LogP contribution in [0.15, 0.2) is 82.0 Å². The number of hydrogen-bond donors (Lipinski definition) is 2. The van der Waals surface area contributed by atoms with Crippen molar-refractivity contribution in [3.8, 4) is 5.69 Å². The summed E-state index contributed by atoms with van der Waals surface area (Å²) in [6.07, 6.45) is 2.06. The van der Waals surface area contributed by atoms with Gasteiger partial charge in [-0.05, 0) is 31.8 Å². The molecule has 1 aliphatic rings. The van der Waals surface area contributed by atoms with Gasteiger partial charge in [0.2, 0.25) is 0 Å². The van der Waals surface area contributed by atoms with Gasteiger partial charge >= 0.3 is 5.69 Å². The van der Waals surface area contributed by atoms with Gasteiger partial charge < -0.3 is 10.2 Å². The fourth-order valence-corrected chi connectivity index (χ4v) is 3.62. The number of allylic oxidation sites excluding steroid dienone is 1. The molecule has 1 aliphatic heterocycles. The molecule has 0 bridgehead atoms. The first-order chi connectivity index (χ1) is 13.5. The minimum Gasteiger partial charge on any atom is -0.343 e. The van der Waals surface area contributed by atoms with Gasteiger partial charge in [-0.15, -0.1) is 0 Å². The summed E-state index contributed by atoms with van der Waals surface area (Å²) in [6.45, 7) is 0.665. The first-order valence-electron chi connectivity index (χ1n) is 9.16. The Balaban J connectivity index is 1.99. The Hall–Kier alpha value is -3.38. The first-order valence-corrected chi connectivity index (χ1v) is 9.16. The number of nitrogens with zero attached hydrogens (tertiary/aromatic N) is 2. The third-order valence-corrected chi connectivity index (χ3v) is 4.76. The van der Waals surface area contributed by atoms with Crippen LogP contribution in [0, 0.1) is 0 Å². The molecule has 0 radical (unpaired) electrons. The number of para-hydroxylation sites is 1. The van der Waals surface area contributed by atoms with Crippen LogP contribution in [0.25, 0.3) is 5.69 Å². The summed E-state index contributed by atoms with van der Waals surface area (Å²) in [5.74, 6) is 0.278. The Labute approximate surface area is 162 Å². The number of aromatic nitrogens is 2. The SMILES string of the molecule is CN(C)CC1=CC(c2ccccc2)c2c(n(-c3ccccc3)c(=O)[nH]c2=O)N1. The van der Waals surface area contributed by atoms with Crippen LogP contribution in [-0.4, -0.2) is 35.1 Å². The molecule has 1 aromatic heterocycles. The van der Waals surface area contributed by atoms with Gasteiger partial charge in [-0.25, -0.2) is 9.36 Å². The van der Waals surface area contributed by atoms with Crippen molar-refractivity contribution in [2.24, 2.45) is 0 Å². The van der Waals surface area contributed by atoms with Crippen molar-refractivity contribution in [2.45, 2.75) is 5.92 Å². The van der Waals surface area contributed by atoms with Crippen molar-refractivity contribution in [1.29, 1.82) is 0 Å². The quantitative estimate of drug-likeness (QED) is 0.736. The van der Waals surface area contributed by atoms with Crippen molar-refractivity contribution in [1.82, 2.24) is 14.5 Å². The zero-order valence-electron chi connectivity index (χ0n) is 15.8. The first kappa shape index (κ1) is 18.0. The summed E-state index contributed by atoms with van der Waals surface area (Å²) in [5, 5.41) is 3.34. The molecule has 1 atom stereocenters. The lowest BCUT2D eigenvalue weighted by Crippen LogP contribution is -2.37. The van der Waals surface area contributed by atoms with Crippen molar-refractivity contribution >= 4 is 5.82 Å². The third kappa shape index (κ3) is 3.30. The van der Waals surface area contributed by atoms with E-state index in [0.29, 0.717) is 23.6 Å². The highest BCUT2D eigenvalue weighted by atomic mass is 16.2. The topological polar surface area (TPSA) is 70.1 Å². The van der Waals surface area contributed by atoms with E-state index in [9.17, 15) is 9.59 Å². The van der Waals surface area contributed by atoms with Crippen molar-refractivity contribution in [3.63, 3.8) is 0 Å². The maximum absolute atomic E-state index is 12.8. The second-order valence-corrected chi connectivity index (χ2v) is 7.14. The van der Waals surface area contributed by atoms with Gasteiger partial charge in [0.25, 0.3) is 5.56 Å². The predicted molar refractivity (Wildman–Crippen MR) is 111 cm³/mol. The lowest BCUT2D eigenvalue weighted by molar-refractivity contribution is 0.444. The van der Waals surface area contributed by atoms with E-state index in [4.69, 9.17) is 0 Å². The molecule has 6 nitrogen and oxygen atoms in total. The highest BCUT2D eigenvalue weighted by Gasteiger charge is 2.28. The Kier molecular flexibility index (Phi) is 4.71. The zero-order chi connectivity index (χ0) is 19.7. The molecule has 2 aromatic carbocycles. The summed E-state index contributed by atoms with van der Waals surface area (Å²) < 4.78 is 1.54. The summed E-state index contributed by atoms with van der Waals surface area (Å²) in [5.41, 5.74) is 2.36. The smallest absolute Gasteiger partial charge is 0.334 e. The van der Waals surface area contributed by atoms with E-state index in [1.165, 1.54) is 4.57 Å². The Morgan fingerprint density at radius 1 is 0.964 bits per heavy atom. The average molecular weight is 374 g/mol. The van der Waals surface area contributed by atoms with Crippen LogP contribution in [0.1, 0.15) is 17.0 Å². The molecule has 28 heavy (non-hydrogen) atoms. The number of H-pyrrole nitrogens is 1. The lowest BCUT2D eigenvalue weighted by Gasteiger charge is -2.29. The summed E-state index contributed by atoms with van der Waals surface area (Å²) in [6, 6.07) is 19.2. The van der Waals surface area contributed by atoms with Crippen molar-refractivity contribution in [2.75, 3.05) is 26.0 Å². The largest absolute Gasteiger partial charge is 0.343 e. The second-order valence-electron chi connectivity index (χ2n) is 7.14. The predicted octanol–water partition coefficient (Wildman–Crippen LogP) is 2.53. The number of anilines is 1. The van der Waals surface area contributed by atoms with E-state index >= 15 is 0 Å². The Morgan fingerprint density at radius 2 is 1.61 bits per heavy atom. The Morgan fingerprint density at radius 3 is 2.25 bits per heavy atom. The molecule has 1 unspecified atom stereocenters. The molecule has 0 fully saturated rings. The van der Waals surface area contributed by atoms with E-state index in [-0.39, 0.29) is 11.5 Å². The highest BCUT2D eigenvalue weighted by Crippen LogP contribution is 2.34. The van der Waals surface area contributed by atoms with Crippen LogP contribution in [0.4, 0.5) is 5.82 Å². The van der Waals surface area contributed by atoms with Crippen molar-refractivity contribution in [3.05, 3.63) is 104 Å². The molecule has 0 saturated carbocycles. The van der Waals surface area contributed by atoms with Gasteiger partial charge in [-0.3, -0.25) is 9.78 Å². The van der Waals surface area contributed by atoms with Gasteiger partial charge in [-0.2, -0.15) is 0 Å². The minimum absolute atomic E-state index is 0.244. The summed E-state index contributed by atoms with van der Waals surface area (Å²) in [7, 11) is 3.97. The molecule has 142 valence electrons. The molecule has 0 amide bonds. The molecular formula is C22H22N4O2. The average Bonchev–Trinajstić information content (AvgIpc) is 2.68. The van der Waals surface area contributed by atoms with Gasteiger partial charge in [-0.1, -0.05) is 54.6 Å². The molecule has 4 rings (SSSR count). The number of hydrogen-bond acceptors (Lipinski definition) is 4. The monoisotopic (exact) mass is 374 g/mol. The molecule has 0 saturated heterocycles. The lowest BCUT2D eigenvalue weighted by atomic mass is 9.89. The van der Waals surface area contributed by atoms with E-state index in [1.807, 2.05) is 79.7 Å². The number of rotatable bonds is 4. The van der Waals surface area contributed by atoms with Gasteiger partial charge in [0.15, 0.2) is 0 Å². The number of aromatic amines is 1. The molecule has 2 heterocycles. The number of benzene rings is 2. The summed E-state index contributed by atoms with van der Waals surface area (Å²) in [4.78, 5) is 30.1. The highest BCUT2D eigenvalue weighted by molar-refractivity contribution is 5.62. The molecule has 6 heteroatoms. The second kappa shape index (κ2) is 7.32. The van der Waals surface area contributed by atoms with E-state index in [0.717, 1.165) is 11.3 Å². The van der Waals surface area contributed by atoms with Crippen LogP contribution in [0.2, 0.25) is 0 Å². The van der Waals surface area contributed by atoms with E-state index < -0.39 is 5.69 Å². The number of likely N-dealkylation sites (N-methyl/N-ethyl adjacent to an activating group) is 1. The van der Waals surface area contributed by atoms with Crippen molar-refractivity contribution < 1.29 is 0 Å². The normalized spacial score (nSPS) is 15.7. The standard InChI is InChI=1S/C22H22N4O2/c1-25(2)14-16-13-18(15-9-5-3-6-10-15)19-20(23-16)26(22(28)24-21(19)27)17-11-7-4-8-12-17/h3-13,18,23H,14H2,1-2H3,(H,24,27,28). The number of fused-ring (bicyclic) bond motifs is 1. The van der Waals surface area contributed by atoms with Crippen LogP contribution in [0.5, 0.6) is 0 Å². The van der Waals surface area contributed by atoms with Gasteiger partial charge in [0.05, 0.1) is 11.3 Å². The molecule has 3 aromatic rings. The van der Waals surface area contributed by atoms with Crippen LogP contribution < -0.4 is 16.6 Å². The zero-order valence-corrected chi connectivity index (χ0v) is 15.8. The van der Waals surface area contributed by atoms with Crippen LogP contribution >= 0.6 is 0 Å². The van der Waals surface area contributed by atoms with Crippen LogP contribution in [-0.2, 0) is 0 Å². The molecule has 2 N–H and O–H groups in total. The van der Waals surface area contributed by atoms with Gasteiger partial charge in [0, 0.05) is 18.2 Å². The molecule has 0 aliphatic carbocycles. The van der Waals surface area contributed by atoms with Crippen LogP contribution in [0.3, 0.4) is 0 Å². The van der Waals surface area contributed by atoms with Gasteiger partial charge in [0.1, 0.15) is 5.82 Å². The fraction of sp³-hybridized carbons (Fsp3) is 0.182. The minimum atomic E-state index is -0.458. The van der Waals surface area contributed by atoms with E-state index in [2.05, 4.69) is 16.4 Å². The maximum Gasteiger partial charge on any atom is 0.334 e. The number of nitrogens with one attached hydrogen (secondary N) is 2. The molecule has 0 spiro atoms. The van der Waals surface area contributed by atoms with E-state index in [1.54, 1.807) is 0 Å². The maximum atomic E-state index is 12.8. The third-order valence-electron chi connectivity index (χ3n) is 4.76. The Bertz CT molecular complexity index is 1130. The fourth-order valence-electron chi connectivity index (χ4n) is 3.62. The summed E-state index contributed by atoms with van der Waals surface area (Å²) >= 11 is 0.